The summed E-state index contributed by atoms with van der Waals surface area (Å²) in [5.41, 5.74) is 3.58. The number of imidazole rings is 1. The van der Waals surface area contributed by atoms with Gasteiger partial charge in [0.05, 0.1) is 17.0 Å². The highest BCUT2D eigenvalue weighted by Crippen LogP contribution is 2.24. The number of piperidine rings is 1. The maximum atomic E-state index is 11.0. The summed E-state index contributed by atoms with van der Waals surface area (Å²) in [5, 5.41) is 9.03. The Labute approximate surface area is 153 Å². The molecule has 1 saturated heterocycles. The summed E-state index contributed by atoms with van der Waals surface area (Å²) in [6, 6.07) is 7.57. The second-order valence-corrected chi connectivity index (χ2v) is 7.51. The van der Waals surface area contributed by atoms with E-state index in [4.69, 9.17) is 10.1 Å². The fourth-order valence-electron chi connectivity index (χ4n) is 4.09. The van der Waals surface area contributed by atoms with Crippen LogP contribution in [0, 0.1) is 0 Å². The SMILES string of the molecule is CN1CCCCC1CN1CCc2nc(-c3ccc(C(=O)O)cc3)[nH]c2C1. The Bertz CT molecular complexity index is 784. The molecule has 2 N–H and O–H groups in total. The molecule has 2 aliphatic heterocycles. The third-order valence-corrected chi connectivity index (χ3v) is 5.71. The van der Waals surface area contributed by atoms with E-state index in [0.29, 0.717) is 11.6 Å². The van der Waals surface area contributed by atoms with Crippen molar-refractivity contribution in [2.75, 3.05) is 26.7 Å². The van der Waals surface area contributed by atoms with Crippen molar-refractivity contribution in [3.05, 3.63) is 41.2 Å². The van der Waals surface area contributed by atoms with Gasteiger partial charge >= 0.3 is 5.97 Å². The van der Waals surface area contributed by atoms with Crippen molar-refractivity contribution in [2.45, 2.75) is 38.3 Å². The minimum absolute atomic E-state index is 0.299. The lowest BCUT2D eigenvalue weighted by Crippen LogP contribution is -2.46. The number of nitrogens with one attached hydrogen (secondary N) is 1. The monoisotopic (exact) mass is 354 g/mol. The first-order chi connectivity index (χ1) is 12.6. The zero-order valence-electron chi connectivity index (χ0n) is 15.2. The van der Waals surface area contributed by atoms with Crippen LogP contribution in [0.15, 0.2) is 24.3 Å². The average Bonchev–Trinajstić information content (AvgIpc) is 3.07. The Hall–Kier alpha value is -2.18. The van der Waals surface area contributed by atoms with Gasteiger partial charge in [0, 0.05) is 37.7 Å². The number of fused-ring (bicyclic) bond motifs is 1. The number of carboxylic acid groups (broad SMARTS) is 1. The van der Waals surface area contributed by atoms with Gasteiger partial charge in [0.25, 0.3) is 0 Å². The highest BCUT2D eigenvalue weighted by molar-refractivity contribution is 5.88. The number of carboxylic acids is 1. The summed E-state index contributed by atoms with van der Waals surface area (Å²) in [4.78, 5) is 24.2. The van der Waals surface area contributed by atoms with Crippen molar-refractivity contribution >= 4 is 5.97 Å². The number of likely N-dealkylation sites (N-methyl/N-ethyl adjacent to an activating group) is 1. The first-order valence-corrected chi connectivity index (χ1v) is 9.44. The molecular weight excluding hydrogens is 328 g/mol. The van der Waals surface area contributed by atoms with Crippen LogP contribution in [-0.2, 0) is 13.0 Å². The fourth-order valence-corrected chi connectivity index (χ4v) is 4.09. The molecule has 0 spiro atoms. The minimum Gasteiger partial charge on any atom is -0.478 e. The van der Waals surface area contributed by atoms with Gasteiger partial charge in [-0.25, -0.2) is 9.78 Å². The number of aromatic nitrogens is 2. The van der Waals surface area contributed by atoms with Crippen LogP contribution in [0.3, 0.4) is 0 Å². The van der Waals surface area contributed by atoms with Gasteiger partial charge in [0.1, 0.15) is 5.82 Å². The van der Waals surface area contributed by atoms with E-state index in [1.54, 1.807) is 12.1 Å². The number of likely N-dealkylation sites (tertiary alicyclic amines) is 1. The second-order valence-electron chi connectivity index (χ2n) is 7.51. The van der Waals surface area contributed by atoms with Gasteiger partial charge in [0.15, 0.2) is 0 Å². The van der Waals surface area contributed by atoms with Crippen molar-refractivity contribution in [3.8, 4) is 11.4 Å². The molecule has 6 heteroatoms. The molecule has 26 heavy (non-hydrogen) atoms. The summed E-state index contributed by atoms with van der Waals surface area (Å²) in [7, 11) is 2.24. The molecular formula is C20H26N4O2. The van der Waals surface area contributed by atoms with Crippen molar-refractivity contribution in [1.29, 1.82) is 0 Å². The van der Waals surface area contributed by atoms with Crippen LogP contribution in [0.5, 0.6) is 0 Å². The van der Waals surface area contributed by atoms with E-state index in [2.05, 4.69) is 21.8 Å². The Kier molecular flexibility index (Phi) is 4.78. The number of rotatable bonds is 4. The van der Waals surface area contributed by atoms with Crippen LogP contribution in [0.25, 0.3) is 11.4 Å². The number of benzene rings is 1. The number of aromatic carboxylic acids is 1. The zero-order chi connectivity index (χ0) is 18.1. The maximum absolute atomic E-state index is 11.0. The van der Waals surface area contributed by atoms with Crippen LogP contribution in [-0.4, -0.2) is 63.6 Å². The predicted molar refractivity (Wildman–Crippen MR) is 100 cm³/mol. The smallest absolute Gasteiger partial charge is 0.335 e. The van der Waals surface area contributed by atoms with E-state index in [9.17, 15) is 4.79 Å². The molecule has 6 nitrogen and oxygen atoms in total. The number of hydrogen-bond donors (Lipinski definition) is 2. The van der Waals surface area contributed by atoms with E-state index in [1.165, 1.54) is 31.5 Å². The molecule has 3 heterocycles. The second kappa shape index (κ2) is 7.21. The number of nitrogens with zero attached hydrogens (tertiary/aromatic N) is 3. The van der Waals surface area contributed by atoms with Gasteiger partial charge in [-0.05, 0) is 38.6 Å². The molecule has 1 aromatic carbocycles. The summed E-state index contributed by atoms with van der Waals surface area (Å²) < 4.78 is 0. The van der Waals surface area contributed by atoms with E-state index < -0.39 is 5.97 Å². The van der Waals surface area contributed by atoms with Gasteiger partial charge in [-0.3, -0.25) is 4.90 Å². The number of H-pyrrole nitrogens is 1. The molecule has 0 radical (unpaired) electrons. The molecule has 1 unspecified atom stereocenters. The van der Waals surface area contributed by atoms with Crippen molar-refractivity contribution < 1.29 is 9.90 Å². The summed E-state index contributed by atoms with van der Waals surface area (Å²) in [5.74, 6) is -0.0674. The van der Waals surface area contributed by atoms with Gasteiger partial charge in [-0.15, -0.1) is 0 Å². The van der Waals surface area contributed by atoms with E-state index in [-0.39, 0.29) is 0 Å². The van der Waals surface area contributed by atoms with Crippen LogP contribution < -0.4 is 0 Å². The molecule has 1 fully saturated rings. The third-order valence-electron chi connectivity index (χ3n) is 5.71. The first-order valence-electron chi connectivity index (χ1n) is 9.44. The highest BCUT2D eigenvalue weighted by Gasteiger charge is 2.25. The average molecular weight is 354 g/mol. The Balaban J connectivity index is 1.46. The normalized spacial score (nSPS) is 21.5. The summed E-state index contributed by atoms with van der Waals surface area (Å²) in [6.07, 6.45) is 4.93. The standard InChI is InChI=1S/C20H26N4O2/c1-23-10-3-2-4-16(23)12-24-11-9-17-18(13-24)22-19(21-17)14-5-7-15(8-6-14)20(25)26/h5-8,16H,2-4,9-13H2,1H3,(H,21,22)(H,25,26). The molecule has 1 aromatic heterocycles. The van der Waals surface area contributed by atoms with Gasteiger partial charge in [0.2, 0.25) is 0 Å². The first kappa shape index (κ1) is 17.2. The summed E-state index contributed by atoms with van der Waals surface area (Å²) >= 11 is 0. The zero-order valence-corrected chi connectivity index (χ0v) is 15.2. The minimum atomic E-state index is -0.904. The Morgan fingerprint density at radius 2 is 2.08 bits per heavy atom. The van der Waals surface area contributed by atoms with Crippen LogP contribution in [0.1, 0.15) is 41.0 Å². The van der Waals surface area contributed by atoms with E-state index in [1.807, 2.05) is 12.1 Å². The van der Waals surface area contributed by atoms with Crippen LogP contribution in [0.2, 0.25) is 0 Å². The molecule has 2 aromatic rings. The molecule has 0 aliphatic carbocycles. The van der Waals surface area contributed by atoms with Gasteiger partial charge in [-0.2, -0.15) is 0 Å². The lowest BCUT2D eigenvalue weighted by molar-refractivity contribution is 0.0697. The molecule has 4 rings (SSSR count). The van der Waals surface area contributed by atoms with Crippen LogP contribution >= 0.6 is 0 Å². The lowest BCUT2D eigenvalue weighted by atomic mass is 10.0. The van der Waals surface area contributed by atoms with Crippen molar-refractivity contribution in [2.24, 2.45) is 0 Å². The molecule has 0 saturated carbocycles. The van der Waals surface area contributed by atoms with Gasteiger partial charge < -0.3 is 15.0 Å². The van der Waals surface area contributed by atoms with Crippen LogP contribution in [0.4, 0.5) is 0 Å². The molecule has 0 bridgehead atoms. The maximum Gasteiger partial charge on any atom is 0.335 e. The Morgan fingerprint density at radius 1 is 1.27 bits per heavy atom. The lowest BCUT2D eigenvalue weighted by Gasteiger charge is -2.37. The highest BCUT2D eigenvalue weighted by atomic mass is 16.4. The molecule has 2 aliphatic rings. The quantitative estimate of drug-likeness (QED) is 0.883. The van der Waals surface area contributed by atoms with Crippen molar-refractivity contribution in [3.63, 3.8) is 0 Å². The van der Waals surface area contributed by atoms with Gasteiger partial charge in [-0.1, -0.05) is 18.6 Å². The summed E-state index contributed by atoms with van der Waals surface area (Å²) in [6.45, 7) is 4.31. The van der Waals surface area contributed by atoms with E-state index in [0.717, 1.165) is 43.1 Å². The molecule has 0 amide bonds. The number of aromatic amines is 1. The largest absolute Gasteiger partial charge is 0.478 e. The molecule has 138 valence electrons. The number of hydrogen-bond acceptors (Lipinski definition) is 4. The predicted octanol–water partition coefficient (Wildman–Crippen LogP) is 2.62. The fraction of sp³-hybridized carbons (Fsp3) is 0.500. The van der Waals surface area contributed by atoms with E-state index >= 15 is 0 Å². The third kappa shape index (κ3) is 3.52. The topological polar surface area (TPSA) is 72.5 Å². The van der Waals surface area contributed by atoms with Crippen molar-refractivity contribution in [1.82, 2.24) is 19.8 Å². The number of carbonyl (C=O) groups is 1. The molecule has 1 atom stereocenters. The Morgan fingerprint density at radius 3 is 2.81 bits per heavy atom.